The monoisotopic (exact) mass is 681 g/mol. The van der Waals surface area contributed by atoms with E-state index >= 15 is 0 Å². The fourth-order valence-electron chi connectivity index (χ4n) is 8.03. The van der Waals surface area contributed by atoms with Crippen molar-refractivity contribution < 1.29 is 9.47 Å². The van der Waals surface area contributed by atoms with Crippen LogP contribution in [-0.2, 0) is 5.41 Å². The van der Waals surface area contributed by atoms with Gasteiger partial charge < -0.3 is 9.47 Å². The van der Waals surface area contributed by atoms with Crippen LogP contribution in [0.5, 0.6) is 23.0 Å². The third-order valence-electron chi connectivity index (χ3n) is 10.7. The molecule has 2 aliphatic rings. The van der Waals surface area contributed by atoms with Gasteiger partial charge >= 0.3 is 0 Å². The molecule has 3 nitrogen and oxygen atoms in total. The Morgan fingerprint density at radius 3 is 1.74 bits per heavy atom. The second kappa shape index (κ2) is 12.2. The first-order chi connectivity index (χ1) is 26.0. The van der Waals surface area contributed by atoms with Gasteiger partial charge in [0.25, 0.3) is 0 Å². The summed E-state index contributed by atoms with van der Waals surface area (Å²) in [6, 6.07) is 61.7. The van der Waals surface area contributed by atoms with E-state index in [2.05, 4.69) is 172 Å². The Balaban J connectivity index is 1.08. The van der Waals surface area contributed by atoms with Crippen LogP contribution in [0.3, 0.4) is 0 Å². The molecule has 1 aromatic heterocycles. The molecule has 0 atom stereocenters. The minimum atomic E-state index is -0.137. The summed E-state index contributed by atoms with van der Waals surface area (Å²) in [6.07, 6.45) is 0. The highest BCUT2D eigenvalue weighted by molar-refractivity contribution is 5.89. The van der Waals surface area contributed by atoms with Crippen molar-refractivity contribution in [3.63, 3.8) is 0 Å². The Labute approximate surface area is 309 Å². The van der Waals surface area contributed by atoms with Crippen LogP contribution in [0, 0.1) is 0 Å². The van der Waals surface area contributed by atoms with Gasteiger partial charge in [-0.15, -0.1) is 0 Å². The molecule has 10 rings (SSSR count). The fraction of sp³-hybridized carbons (Fsp3) is 0.0600. The van der Waals surface area contributed by atoms with Crippen molar-refractivity contribution in [3.05, 3.63) is 187 Å². The van der Waals surface area contributed by atoms with Crippen molar-refractivity contribution in [1.82, 2.24) is 4.98 Å². The summed E-state index contributed by atoms with van der Waals surface area (Å²) < 4.78 is 13.6. The number of hydrogen-bond acceptors (Lipinski definition) is 3. The molecule has 0 saturated carbocycles. The van der Waals surface area contributed by atoms with Gasteiger partial charge in [-0.25, -0.2) is 4.98 Å². The first-order valence-electron chi connectivity index (χ1n) is 18.1. The standard InChI is InChI=1S/C50H35NO2/c1-50(2)41-24-10-9-22-40(41)47-42(50)26-27-46-49(47)53-48-39(23-13-25-45(48)52-46)36-20-12-21-37(29-36)44-31-38(30-43(51-44)33-16-7-4-8-17-33)35-19-11-18-34(28-35)32-14-5-3-6-15-32/h3-31H,1-2H3. The van der Waals surface area contributed by atoms with Crippen LogP contribution in [0.25, 0.3) is 67.0 Å². The van der Waals surface area contributed by atoms with Crippen molar-refractivity contribution in [2.24, 2.45) is 0 Å². The quantitative estimate of drug-likeness (QED) is 0.181. The second-order valence-electron chi connectivity index (χ2n) is 14.3. The molecular weight excluding hydrogens is 647 g/mol. The van der Waals surface area contributed by atoms with E-state index in [0.29, 0.717) is 5.75 Å². The molecule has 1 aliphatic carbocycles. The van der Waals surface area contributed by atoms with Gasteiger partial charge in [0.05, 0.1) is 11.4 Å². The maximum absolute atomic E-state index is 6.96. The number of ether oxygens (including phenoxy) is 2. The summed E-state index contributed by atoms with van der Waals surface area (Å²) in [6.45, 7) is 4.57. The zero-order valence-corrected chi connectivity index (χ0v) is 29.5. The zero-order chi connectivity index (χ0) is 35.5. The summed E-state index contributed by atoms with van der Waals surface area (Å²) in [5.74, 6) is 2.93. The molecule has 2 heterocycles. The third-order valence-corrected chi connectivity index (χ3v) is 10.7. The molecule has 7 aromatic carbocycles. The van der Waals surface area contributed by atoms with E-state index in [4.69, 9.17) is 14.5 Å². The summed E-state index contributed by atoms with van der Waals surface area (Å²) in [4.78, 5) is 5.25. The summed E-state index contributed by atoms with van der Waals surface area (Å²) in [5.41, 5.74) is 15.3. The second-order valence-corrected chi connectivity index (χ2v) is 14.3. The highest BCUT2D eigenvalue weighted by atomic mass is 16.6. The van der Waals surface area contributed by atoms with Gasteiger partial charge in [0, 0.05) is 27.7 Å². The molecule has 0 saturated heterocycles. The molecule has 1 aliphatic heterocycles. The maximum atomic E-state index is 6.96. The maximum Gasteiger partial charge on any atom is 0.178 e. The van der Waals surface area contributed by atoms with E-state index in [0.717, 1.165) is 67.6 Å². The number of rotatable bonds is 5. The van der Waals surface area contributed by atoms with Gasteiger partial charge in [-0.05, 0) is 80.9 Å². The SMILES string of the molecule is CC1(C)c2ccccc2-c2c1ccc1c2Oc2c(cccc2-c2cccc(-c3cc(-c4cccc(-c5ccccc5)c4)cc(-c4ccccc4)n3)c2)O1. The van der Waals surface area contributed by atoms with Gasteiger partial charge in [0.15, 0.2) is 23.0 Å². The van der Waals surface area contributed by atoms with Gasteiger partial charge in [0.2, 0.25) is 0 Å². The van der Waals surface area contributed by atoms with E-state index < -0.39 is 0 Å². The normalized spacial score (nSPS) is 13.2. The molecule has 0 radical (unpaired) electrons. The predicted molar refractivity (Wildman–Crippen MR) is 216 cm³/mol. The molecule has 252 valence electrons. The van der Waals surface area contributed by atoms with Crippen LogP contribution < -0.4 is 9.47 Å². The van der Waals surface area contributed by atoms with Gasteiger partial charge in [-0.2, -0.15) is 0 Å². The van der Waals surface area contributed by atoms with Crippen LogP contribution in [0.2, 0.25) is 0 Å². The molecule has 0 unspecified atom stereocenters. The van der Waals surface area contributed by atoms with Crippen molar-refractivity contribution in [1.29, 1.82) is 0 Å². The molecular formula is C50H35NO2. The first kappa shape index (κ1) is 31.1. The number of para-hydroxylation sites is 1. The number of pyridine rings is 1. The smallest absolute Gasteiger partial charge is 0.178 e. The number of nitrogens with zero attached hydrogens (tertiary/aromatic N) is 1. The van der Waals surface area contributed by atoms with Crippen molar-refractivity contribution in [2.45, 2.75) is 19.3 Å². The van der Waals surface area contributed by atoms with Crippen molar-refractivity contribution in [3.8, 4) is 90.0 Å². The van der Waals surface area contributed by atoms with Crippen LogP contribution in [-0.4, -0.2) is 4.98 Å². The van der Waals surface area contributed by atoms with E-state index in [1.165, 1.54) is 27.8 Å². The minimum absolute atomic E-state index is 0.137. The molecule has 0 N–H and O–H groups in total. The number of fused-ring (bicyclic) bond motifs is 6. The molecule has 53 heavy (non-hydrogen) atoms. The van der Waals surface area contributed by atoms with E-state index in [9.17, 15) is 0 Å². The molecule has 0 fully saturated rings. The molecule has 0 amide bonds. The Kier molecular flexibility index (Phi) is 7.16. The summed E-state index contributed by atoms with van der Waals surface area (Å²) in [5, 5.41) is 0. The van der Waals surface area contributed by atoms with Gasteiger partial charge in [-0.1, -0.05) is 153 Å². The average molecular weight is 682 g/mol. The Hall–Kier alpha value is -6.71. The Morgan fingerprint density at radius 1 is 0.377 bits per heavy atom. The molecule has 0 spiro atoms. The average Bonchev–Trinajstić information content (AvgIpc) is 3.46. The zero-order valence-electron chi connectivity index (χ0n) is 29.5. The van der Waals surface area contributed by atoms with Crippen LogP contribution in [0.4, 0.5) is 0 Å². The summed E-state index contributed by atoms with van der Waals surface area (Å²) in [7, 11) is 0. The molecule has 8 aromatic rings. The predicted octanol–water partition coefficient (Wildman–Crippen LogP) is 13.6. The Morgan fingerprint density at radius 2 is 0.943 bits per heavy atom. The minimum Gasteiger partial charge on any atom is -0.449 e. The topological polar surface area (TPSA) is 31.4 Å². The number of benzene rings is 7. The van der Waals surface area contributed by atoms with Crippen LogP contribution in [0.1, 0.15) is 25.0 Å². The van der Waals surface area contributed by atoms with Crippen LogP contribution >= 0.6 is 0 Å². The van der Waals surface area contributed by atoms with E-state index in [-0.39, 0.29) is 5.41 Å². The van der Waals surface area contributed by atoms with Crippen molar-refractivity contribution >= 4 is 0 Å². The van der Waals surface area contributed by atoms with Gasteiger partial charge in [-0.3, -0.25) is 0 Å². The highest BCUT2D eigenvalue weighted by Crippen LogP contribution is 2.59. The fourth-order valence-corrected chi connectivity index (χ4v) is 8.03. The van der Waals surface area contributed by atoms with Crippen LogP contribution in [0.15, 0.2) is 176 Å². The number of hydrogen-bond donors (Lipinski definition) is 0. The number of aromatic nitrogens is 1. The van der Waals surface area contributed by atoms with Crippen molar-refractivity contribution in [2.75, 3.05) is 0 Å². The third kappa shape index (κ3) is 5.24. The largest absolute Gasteiger partial charge is 0.449 e. The van der Waals surface area contributed by atoms with E-state index in [1.54, 1.807) is 0 Å². The first-order valence-corrected chi connectivity index (χ1v) is 18.1. The molecule has 0 bridgehead atoms. The van der Waals surface area contributed by atoms with Gasteiger partial charge in [0.1, 0.15) is 0 Å². The van der Waals surface area contributed by atoms with E-state index in [1.807, 2.05) is 18.2 Å². The molecule has 3 heteroatoms. The lowest BCUT2D eigenvalue weighted by Gasteiger charge is -2.26. The Bertz CT molecular complexity index is 2690. The highest BCUT2D eigenvalue weighted by Gasteiger charge is 2.39. The lowest BCUT2D eigenvalue weighted by molar-refractivity contribution is 0.361. The summed E-state index contributed by atoms with van der Waals surface area (Å²) >= 11 is 0. The lowest BCUT2D eigenvalue weighted by atomic mass is 9.82. The lowest BCUT2D eigenvalue weighted by Crippen LogP contribution is -2.15.